The third kappa shape index (κ3) is 2.86. The number of benzene rings is 1. The summed E-state index contributed by atoms with van der Waals surface area (Å²) in [4.78, 5) is 20.1. The minimum atomic E-state index is -0.762. The Morgan fingerprint density at radius 2 is 1.68 bits per heavy atom. The topological polar surface area (TPSA) is 141 Å². The molecule has 0 aliphatic heterocycles. The first-order valence-corrected chi connectivity index (χ1v) is 4.72. The molecule has 2 aromatic rings. The molecule has 1 heterocycles. The molecule has 3 N–H and O–H groups in total. The van der Waals surface area contributed by atoms with Gasteiger partial charge in [0.2, 0.25) is 0 Å². The fourth-order valence-corrected chi connectivity index (χ4v) is 1.50. The summed E-state index contributed by atoms with van der Waals surface area (Å²) in [6, 6.07) is 3.87. The average Bonchev–Trinajstić information content (AvgIpc) is 2.82. The van der Waals surface area contributed by atoms with Crippen LogP contribution in [0.15, 0.2) is 24.4 Å². The summed E-state index contributed by atoms with van der Waals surface area (Å²) >= 11 is 0. The van der Waals surface area contributed by atoms with Gasteiger partial charge in [-0.05, 0) is 6.07 Å². The Morgan fingerprint density at radius 1 is 1.16 bits per heavy atom. The van der Waals surface area contributed by atoms with Crippen LogP contribution in [0.3, 0.4) is 0 Å². The number of nitrogens with zero attached hydrogens (tertiary/aromatic N) is 3. The molecule has 0 saturated carbocycles. The molecule has 0 aliphatic rings. The Balaban J connectivity index is 0.00000180. The van der Waals surface area contributed by atoms with Gasteiger partial charge in [0.05, 0.1) is 15.5 Å². The molecular formula is C9H7N5O4Pb. The molecule has 2 rings (SSSR count). The summed E-state index contributed by atoms with van der Waals surface area (Å²) in [5.41, 5.74) is 4.63. The maximum atomic E-state index is 10.8. The number of nitro groups is 2. The molecule has 0 amide bonds. The van der Waals surface area contributed by atoms with Crippen LogP contribution in [-0.2, 0) is 0 Å². The molecule has 0 unspecified atom stereocenters. The van der Waals surface area contributed by atoms with E-state index in [-0.39, 0.29) is 32.9 Å². The fourth-order valence-electron chi connectivity index (χ4n) is 1.50. The largest absolute Gasteiger partial charge is 0.388 e. The molecule has 10 heteroatoms. The van der Waals surface area contributed by atoms with Crippen molar-refractivity contribution in [2.75, 3.05) is 5.73 Å². The van der Waals surface area contributed by atoms with Crippen molar-refractivity contribution < 1.29 is 9.85 Å². The van der Waals surface area contributed by atoms with Crippen molar-refractivity contribution >= 4 is 44.4 Å². The van der Waals surface area contributed by atoms with Gasteiger partial charge < -0.3 is 5.73 Å². The molecule has 0 aliphatic carbocycles. The van der Waals surface area contributed by atoms with E-state index in [1.54, 1.807) is 6.07 Å². The van der Waals surface area contributed by atoms with Crippen LogP contribution in [0, 0.1) is 20.2 Å². The van der Waals surface area contributed by atoms with Crippen LogP contribution in [0.1, 0.15) is 0 Å². The predicted octanol–water partition coefficient (Wildman–Crippen LogP) is 1.09. The average molecular weight is 456 g/mol. The first-order valence-electron chi connectivity index (χ1n) is 4.72. The molecule has 1 aromatic heterocycles. The van der Waals surface area contributed by atoms with Crippen molar-refractivity contribution in [1.82, 2.24) is 10.2 Å². The summed E-state index contributed by atoms with van der Waals surface area (Å²) < 4.78 is 0. The van der Waals surface area contributed by atoms with Crippen molar-refractivity contribution in [3.63, 3.8) is 0 Å². The SMILES string of the molecule is Nc1c([N+](=O)[O-])cc(-c2ccn[nH]2)cc1[N+](=O)[O-].[Pb]. The Bertz CT molecular complexity index is 593. The van der Waals surface area contributed by atoms with E-state index in [4.69, 9.17) is 5.73 Å². The summed E-state index contributed by atoms with van der Waals surface area (Å²) in [6.45, 7) is 0. The maximum absolute atomic E-state index is 10.8. The van der Waals surface area contributed by atoms with Crippen LogP contribution >= 0.6 is 0 Å². The first-order chi connectivity index (χ1) is 8.50. The fraction of sp³-hybridized carbons (Fsp3) is 0. The van der Waals surface area contributed by atoms with E-state index in [0.29, 0.717) is 5.69 Å². The minimum absolute atomic E-state index is 0. The second-order valence-corrected chi connectivity index (χ2v) is 3.41. The van der Waals surface area contributed by atoms with Crippen LogP contribution in [-0.4, -0.2) is 47.3 Å². The molecule has 0 atom stereocenters. The molecule has 0 fully saturated rings. The Labute approximate surface area is 126 Å². The zero-order valence-corrected chi connectivity index (χ0v) is 13.2. The zero-order chi connectivity index (χ0) is 13.3. The third-order valence-electron chi connectivity index (χ3n) is 2.34. The minimum Gasteiger partial charge on any atom is -0.388 e. The number of aromatic nitrogens is 2. The smallest absolute Gasteiger partial charge is 0.299 e. The van der Waals surface area contributed by atoms with E-state index in [2.05, 4.69) is 10.2 Å². The molecule has 4 radical (unpaired) electrons. The molecule has 0 spiro atoms. The van der Waals surface area contributed by atoms with E-state index in [1.807, 2.05) is 0 Å². The summed E-state index contributed by atoms with van der Waals surface area (Å²) in [5, 5.41) is 27.8. The van der Waals surface area contributed by atoms with E-state index in [9.17, 15) is 20.2 Å². The molecule has 19 heavy (non-hydrogen) atoms. The summed E-state index contributed by atoms with van der Waals surface area (Å²) in [7, 11) is 0. The van der Waals surface area contributed by atoms with Crippen molar-refractivity contribution in [3.8, 4) is 11.3 Å². The van der Waals surface area contributed by atoms with Gasteiger partial charge >= 0.3 is 0 Å². The zero-order valence-electron chi connectivity index (χ0n) is 9.36. The quantitative estimate of drug-likeness (QED) is 0.307. The van der Waals surface area contributed by atoms with E-state index >= 15 is 0 Å². The molecule has 96 valence electrons. The predicted molar refractivity (Wildman–Crippen MR) is 67.5 cm³/mol. The number of H-pyrrole nitrogens is 1. The van der Waals surface area contributed by atoms with Gasteiger partial charge in [0.1, 0.15) is 0 Å². The van der Waals surface area contributed by atoms with Crippen LogP contribution in [0.4, 0.5) is 17.1 Å². The Hall–Kier alpha value is -2.05. The van der Waals surface area contributed by atoms with Crippen LogP contribution in [0.25, 0.3) is 11.3 Å². The van der Waals surface area contributed by atoms with Crippen molar-refractivity contribution in [2.24, 2.45) is 0 Å². The standard InChI is InChI=1S/C9H7N5O4.Pb/c10-9-7(13(15)16)3-5(4-8(9)14(17)18)6-1-2-11-12-6;/h1-4H,10H2,(H,11,12);. The third-order valence-corrected chi connectivity index (χ3v) is 2.34. The molecule has 9 nitrogen and oxygen atoms in total. The summed E-state index contributed by atoms with van der Waals surface area (Å²) in [5.74, 6) is 0. The number of anilines is 1. The maximum Gasteiger partial charge on any atom is 0.299 e. The number of hydrogen-bond donors (Lipinski definition) is 2. The van der Waals surface area contributed by atoms with E-state index in [0.717, 1.165) is 12.1 Å². The monoisotopic (exact) mass is 457 g/mol. The second-order valence-electron chi connectivity index (χ2n) is 3.41. The van der Waals surface area contributed by atoms with Gasteiger partial charge in [0.15, 0.2) is 5.69 Å². The second kappa shape index (κ2) is 5.73. The van der Waals surface area contributed by atoms with Gasteiger partial charge in [-0.3, -0.25) is 25.3 Å². The van der Waals surface area contributed by atoms with E-state index in [1.165, 1.54) is 6.20 Å². The van der Waals surface area contributed by atoms with Crippen molar-refractivity contribution in [1.29, 1.82) is 0 Å². The number of hydrogen-bond acceptors (Lipinski definition) is 6. The van der Waals surface area contributed by atoms with Crippen LogP contribution in [0.2, 0.25) is 0 Å². The van der Waals surface area contributed by atoms with Gasteiger partial charge in [-0.25, -0.2) is 0 Å². The number of nitro benzene ring substituents is 2. The number of nitrogen functional groups attached to an aromatic ring is 1. The first kappa shape index (κ1) is 15.0. The van der Waals surface area contributed by atoms with Gasteiger partial charge in [0.25, 0.3) is 11.4 Å². The van der Waals surface area contributed by atoms with E-state index < -0.39 is 26.9 Å². The Kier molecular flexibility index (Phi) is 4.53. The molecule has 0 bridgehead atoms. The van der Waals surface area contributed by atoms with Gasteiger partial charge in [-0.1, -0.05) is 0 Å². The van der Waals surface area contributed by atoms with Crippen molar-refractivity contribution in [2.45, 2.75) is 0 Å². The number of nitrogens with one attached hydrogen (secondary N) is 1. The van der Waals surface area contributed by atoms with Crippen LogP contribution < -0.4 is 5.73 Å². The number of rotatable bonds is 3. The number of aromatic amines is 1. The summed E-state index contributed by atoms with van der Waals surface area (Å²) in [6.07, 6.45) is 1.43. The van der Waals surface area contributed by atoms with Gasteiger partial charge in [0, 0.05) is 51.2 Å². The van der Waals surface area contributed by atoms with Crippen LogP contribution in [0.5, 0.6) is 0 Å². The molecule has 0 saturated heterocycles. The van der Waals surface area contributed by atoms with Gasteiger partial charge in [-0.15, -0.1) is 0 Å². The van der Waals surface area contributed by atoms with Gasteiger partial charge in [-0.2, -0.15) is 5.10 Å². The molecule has 1 aromatic carbocycles. The number of nitrogens with two attached hydrogens (primary N) is 1. The molecular weight excluding hydrogens is 449 g/mol. The van der Waals surface area contributed by atoms with Crippen molar-refractivity contribution in [3.05, 3.63) is 44.6 Å². The Morgan fingerprint density at radius 3 is 2.05 bits per heavy atom. The normalized spacial score (nSPS) is 9.68.